The summed E-state index contributed by atoms with van der Waals surface area (Å²) in [6.07, 6.45) is 0. The lowest BCUT2D eigenvalue weighted by atomic mass is 10.1. The first kappa shape index (κ1) is 25.3. The highest BCUT2D eigenvalue weighted by Gasteiger charge is 2.32. The second-order valence-electron chi connectivity index (χ2n) is 9.36. The van der Waals surface area contributed by atoms with Crippen LogP contribution >= 0.6 is 0 Å². The molecule has 0 saturated carbocycles. The van der Waals surface area contributed by atoms with Gasteiger partial charge in [0.2, 0.25) is 0 Å². The van der Waals surface area contributed by atoms with Crippen LogP contribution in [0.5, 0.6) is 28.7 Å². The quantitative estimate of drug-likeness (QED) is 0.497. The van der Waals surface area contributed by atoms with Gasteiger partial charge in [0, 0.05) is 31.7 Å². The Morgan fingerprint density at radius 1 is 0.947 bits per heavy atom. The molecule has 0 aromatic heterocycles. The molecule has 2 aliphatic heterocycles. The predicted octanol–water partition coefficient (Wildman–Crippen LogP) is 5.44. The molecule has 2 amide bonds. The molecule has 9 heteroatoms. The first-order chi connectivity index (χ1) is 18.4. The summed E-state index contributed by atoms with van der Waals surface area (Å²) in [5.41, 5.74) is 3.30. The van der Waals surface area contributed by atoms with Gasteiger partial charge in [0.1, 0.15) is 34.5 Å². The minimum Gasteiger partial charge on any atom is -0.497 e. The summed E-state index contributed by atoms with van der Waals surface area (Å²) in [5, 5.41) is 2.99. The fourth-order valence-electron chi connectivity index (χ4n) is 4.77. The highest BCUT2D eigenvalue weighted by Crippen LogP contribution is 2.40. The first-order valence-corrected chi connectivity index (χ1v) is 12.5. The third kappa shape index (κ3) is 4.91. The number of nitrogens with zero attached hydrogens (tertiary/aromatic N) is 3. The molecule has 38 heavy (non-hydrogen) atoms. The van der Waals surface area contributed by atoms with E-state index in [9.17, 15) is 4.79 Å². The van der Waals surface area contributed by atoms with E-state index in [1.165, 1.54) is 0 Å². The highest BCUT2D eigenvalue weighted by atomic mass is 16.5. The molecular formula is C29H32N4O5. The molecule has 1 N–H and O–H groups in total. The zero-order valence-electron chi connectivity index (χ0n) is 22.3. The van der Waals surface area contributed by atoms with Gasteiger partial charge in [-0.2, -0.15) is 0 Å². The summed E-state index contributed by atoms with van der Waals surface area (Å²) >= 11 is 0. The van der Waals surface area contributed by atoms with E-state index >= 15 is 0 Å². The van der Waals surface area contributed by atoms with E-state index < -0.39 is 0 Å². The van der Waals surface area contributed by atoms with E-state index in [4.69, 9.17) is 23.9 Å². The Kier molecular flexibility index (Phi) is 7.00. The summed E-state index contributed by atoms with van der Waals surface area (Å²) in [5.74, 6) is 4.14. The lowest BCUT2D eigenvalue weighted by Crippen LogP contribution is -2.56. The third-order valence-corrected chi connectivity index (χ3v) is 6.83. The maximum atomic E-state index is 13.3. The van der Waals surface area contributed by atoms with Crippen LogP contribution < -0.4 is 24.3 Å². The number of nitrogens with one attached hydrogen (secondary N) is 1. The zero-order valence-corrected chi connectivity index (χ0v) is 22.3. The number of fused-ring (bicyclic) bond motifs is 2. The number of aliphatic imine (C=N–C) groups is 1. The summed E-state index contributed by atoms with van der Waals surface area (Å²) in [6.45, 7) is 5.79. The standard InChI is InChI=1S/C29H32N4O5/c1-18-6-9-24-27(14-18)38-25-11-8-20(35-3)15-22(25)28(30-24)32-12-13-33(19(2)17-32)29(34)31-23-10-7-21(36-4)16-26(23)37-5/h6-11,14-16,19H,12-13,17H2,1-5H3,(H,31,34). The Labute approximate surface area is 222 Å². The summed E-state index contributed by atoms with van der Waals surface area (Å²) in [6, 6.07) is 16.8. The van der Waals surface area contributed by atoms with Crippen molar-refractivity contribution in [2.45, 2.75) is 19.9 Å². The third-order valence-electron chi connectivity index (χ3n) is 6.83. The van der Waals surface area contributed by atoms with E-state index in [2.05, 4.69) is 10.2 Å². The van der Waals surface area contributed by atoms with Gasteiger partial charge in [-0.15, -0.1) is 0 Å². The molecule has 1 unspecified atom stereocenters. The molecule has 1 fully saturated rings. The fraction of sp³-hybridized carbons (Fsp3) is 0.310. The number of hydrogen-bond donors (Lipinski definition) is 1. The number of ether oxygens (including phenoxy) is 4. The van der Waals surface area contributed by atoms with Gasteiger partial charge < -0.3 is 34.1 Å². The van der Waals surface area contributed by atoms with Gasteiger partial charge in [0.15, 0.2) is 5.75 Å². The van der Waals surface area contributed by atoms with Crippen LogP contribution in [-0.4, -0.2) is 68.7 Å². The molecule has 3 aromatic carbocycles. The van der Waals surface area contributed by atoms with Crippen LogP contribution in [0.15, 0.2) is 59.6 Å². The van der Waals surface area contributed by atoms with Gasteiger partial charge >= 0.3 is 6.03 Å². The number of carbonyl (C=O) groups excluding carboxylic acids is 1. The molecule has 0 radical (unpaired) electrons. The molecule has 0 bridgehead atoms. The van der Waals surface area contributed by atoms with Crippen molar-refractivity contribution in [2.75, 3.05) is 46.3 Å². The van der Waals surface area contributed by atoms with Crippen LogP contribution in [0.2, 0.25) is 0 Å². The number of hydrogen-bond acceptors (Lipinski definition) is 7. The van der Waals surface area contributed by atoms with Crippen molar-refractivity contribution in [1.82, 2.24) is 9.80 Å². The van der Waals surface area contributed by atoms with E-state index in [1.54, 1.807) is 39.5 Å². The molecule has 0 spiro atoms. The van der Waals surface area contributed by atoms with Crippen molar-refractivity contribution in [1.29, 1.82) is 0 Å². The maximum absolute atomic E-state index is 13.3. The van der Waals surface area contributed by atoms with Crippen molar-refractivity contribution in [2.24, 2.45) is 4.99 Å². The van der Waals surface area contributed by atoms with E-state index in [0.717, 1.165) is 28.4 Å². The van der Waals surface area contributed by atoms with Crippen LogP contribution in [0, 0.1) is 6.92 Å². The van der Waals surface area contributed by atoms with Gasteiger partial charge in [-0.3, -0.25) is 0 Å². The minimum absolute atomic E-state index is 0.0774. The molecule has 0 aliphatic carbocycles. The summed E-state index contributed by atoms with van der Waals surface area (Å²) in [4.78, 5) is 22.3. The number of methoxy groups -OCH3 is 3. The smallest absolute Gasteiger partial charge is 0.322 e. The van der Waals surface area contributed by atoms with Crippen molar-refractivity contribution in [3.8, 4) is 28.7 Å². The summed E-state index contributed by atoms with van der Waals surface area (Å²) < 4.78 is 22.5. The number of urea groups is 1. The Bertz CT molecular complexity index is 1390. The number of benzene rings is 3. The van der Waals surface area contributed by atoms with Gasteiger partial charge in [0.25, 0.3) is 0 Å². The van der Waals surface area contributed by atoms with Crippen LogP contribution in [0.3, 0.4) is 0 Å². The molecule has 1 saturated heterocycles. The van der Waals surface area contributed by atoms with Crippen LogP contribution in [0.1, 0.15) is 18.1 Å². The monoisotopic (exact) mass is 516 g/mol. The van der Waals surface area contributed by atoms with Crippen molar-refractivity contribution in [3.63, 3.8) is 0 Å². The van der Waals surface area contributed by atoms with Gasteiger partial charge in [0.05, 0.1) is 32.6 Å². The fourth-order valence-corrected chi connectivity index (χ4v) is 4.77. The first-order valence-electron chi connectivity index (χ1n) is 12.5. The van der Waals surface area contributed by atoms with Gasteiger partial charge in [-0.05, 0) is 61.9 Å². The number of carbonyl (C=O) groups is 1. The molecule has 5 rings (SSSR count). The lowest BCUT2D eigenvalue weighted by molar-refractivity contribution is 0.144. The molecular weight excluding hydrogens is 484 g/mol. The van der Waals surface area contributed by atoms with Gasteiger partial charge in [-0.25, -0.2) is 9.79 Å². The minimum atomic E-state index is -0.186. The van der Waals surface area contributed by atoms with Gasteiger partial charge in [-0.1, -0.05) is 6.07 Å². The summed E-state index contributed by atoms with van der Waals surface area (Å²) in [7, 11) is 4.80. The zero-order chi connectivity index (χ0) is 26.8. The molecule has 2 heterocycles. The van der Waals surface area contributed by atoms with E-state index in [1.807, 2.05) is 55.1 Å². The van der Waals surface area contributed by atoms with Crippen LogP contribution in [0.4, 0.5) is 16.2 Å². The van der Waals surface area contributed by atoms with E-state index in [-0.39, 0.29) is 12.1 Å². The van der Waals surface area contributed by atoms with Crippen molar-refractivity contribution in [3.05, 3.63) is 65.7 Å². The number of amidine groups is 1. The largest absolute Gasteiger partial charge is 0.497 e. The predicted molar refractivity (Wildman–Crippen MR) is 147 cm³/mol. The number of amides is 2. The van der Waals surface area contributed by atoms with Crippen molar-refractivity contribution >= 4 is 23.2 Å². The van der Waals surface area contributed by atoms with Crippen molar-refractivity contribution < 1.29 is 23.7 Å². The molecule has 9 nitrogen and oxygen atoms in total. The highest BCUT2D eigenvalue weighted by molar-refractivity contribution is 6.04. The lowest BCUT2D eigenvalue weighted by Gasteiger charge is -2.41. The molecule has 3 aromatic rings. The Hall–Kier alpha value is -4.40. The topological polar surface area (TPSA) is 84.9 Å². The molecule has 198 valence electrons. The Morgan fingerprint density at radius 2 is 1.71 bits per heavy atom. The molecule has 2 aliphatic rings. The Morgan fingerprint density at radius 3 is 2.45 bits per heavy atom. The van der Waals surface area contributed by atoms with Crippen LogP contribution in [-0.2, 0) is 0 Å². The molecule has 1 atom stereocenters. The normalized spacial score (nSPS) is 16.3. The number of aryl methyl sites for hydroxylation is 1. The van der Waals surface area contributed by atoms with Crippen LogP contribution in [0.25, 0.3) is 0 Å². The second kappa shape index (κ2) is 10.5. The average molecular weight is 517 g/mol. The SMILES string of the molecule is COc1ccc(NC(=O)N2CCN(C3=Nc4ccc(C)cc4Oc4ccc(OC)cc43)CC2C)c(OC)c1. The average Bonchev–Trinajstić information content (AvgIpc) is 3.08. The maximum Gasteiger partial charge on any atom is 0.322 e. The Balaban J connectivity index is 1.39. The number of anilines is 1. The second-order valence-corrected chi connectivity index (χ2v) is 9.36. The number of rotatable bonds is 4. The number of piperazine rings is 1. The van der Waals surface area contributed by atoms with E-state index in [0.29, 0.717) is 48.3 Å².